The molecule has 0 fully saturated rings. The van der Waals surface area contributed by atoms with E-state index in [1.165, 1.54) is 19.2 Å². The van der Waals surface area contributed by atoms with Gasteiger partial charge in [0.05, 0.1) is 22.8 Å². The third-order valence-electron chi connectivity index (χ3n) is 3.43. The molecule has 0 saturated carbocycles. The van der Waals surface area contributed by atoms with Gasteiger partial charge in [0.15, 0.2) is 0 Å². The van der Waals surface area contributed by atoms with E-state index in [1.807, 2.05) is 0 Å². The van der Waals surface area contributed by atoms with E-state index in [1.54, 1.807) is 19.1 Å². The van der Waals surface area contributed by atoms with Crippen LogP contribution in [0.2, 0.25) is 0 Å². The second-order valence-electron chi connectivity index (χ2n) is 5.47. The van der Waals surface area contributed by atoms with Crippen LogP contribution in [0.25, 0.3) is 0 Å². The van der Waals surface area contributed by atoms with E-state index >= 15 is 0 Å². The smallest absolute Gasteiger partial charge is 0.416 e. The Morgan fingerprint density at radius 3 is 2.27 bits per heavy atom. The number of halogens is 3. The van der Waals surface area contributed by atoms with Crippen molar-refractivity contribution in [3.63, 3.8) is 0 Å². The summed E-state index contributed by atoms with van der Waals surface area (Å²) in [6.07, 6.45) is -4.62. The van der Waals surface area contributed by atoms with Crippen molar-refractivity contribution in [2.75, 3.05) is 25.0 Å². The van der Waals surface area contributed by atoms with Gasteiger partial charge in [0.25, 0.3) is 10.0 Å². The van der Waals surface area contributed by atoms with Crippen LogP contribution in [-0.4, -0.2) is 28.7 Å². The molecule has 2 aromatic rings. The lowest BCUT2D eigenvalue weighted by molar-refractivity contribution is -0.137. The van der Waals surface area contributed by atoms with Gasteiger partial charge < -0.3 is 9.47 Å². The van der Waals surface area contributed by atoms with Gasteiger partial charge in [-0.05, 0) is 37.3 Å². The molecule has 0 saturated heterocycles. The van der Waals surface area contributed by atoms with Gasteiger partial charge >= 0.3 is 6.18 Å². The fourth-order valence-corrected chi connectivity index (χ4v) is 3.13. The maximum absolute atomic E-state index is 13.0. The average Bonchev–Trinajstić information content (AvgIpc) is 2.55. The van der Waals surface area contributed by atoms with Crippen LogP contribution >= 0.6 is 0 Å². The second kappa shape index (κ2) is 7.96. The SMILES string of the molecule is COCCOc1ccc(C(F)(F)F)cc1NS(=O)(=O)c1ccc(C)cc1. The minimum Gasteiger partial charge on any atom is -0.489 e. The van der Waals surface area contributed by atoms with E-state index in [-0.39, 0.29) is 29.5 Å². The van der Waals surface area contributed by atoms with E-state index in [0.29, 0.717) is 6.07 Å². The molecule has 0 unspecified atom stereocenters. The highest BCUT2D eigenvalue weighted by molar-refractivity contribution is 7.92. The van der Waals surface area contributed by atoms with Gasteiger partial charge in [-0.2, -0.15) is 13.2 Å². The van der Waals surface area contributed by atoms with E-state index < -0.39 is 21.8 Å². The molecule has 142 valence electrons. The maximum atomic E-state index is 13.0. The van der Waals surface area contributed by atoms with Crippen LogP contribution < -0.4 is 9.46 Å². The third kappa shape index (κ3) is 5.12. The van der Waals surface area contributed by atoms with Gasteiger partial charge in [-0.25, -0.2) is 8.42 Å². The van der Waals surface area contributed by atoms with Crippen molar-refractivity contribution in [1.82, 2.24) is 0 Å². The Morgan fingerprint density at radius 2 is 1.69 bits per heavy atom. The number of ether oxygens (including phenoxy) is 2. The summed E-state index contributed by atoms with van der Waals surface area (Å²) in [7, 11) is -2.63. The Morgan fingerprint density at radius 1 is 1.04 bits per heavy atom. The molecule has 0 aliphatic heterocycles. The number of methoxy groups -OCH3 is 1. The Hall–Kier alpha value is -2.26. The summed E-state index contributed by atoms with van der Waals surface area (Å²) in [5.41, 5.74) is -0.429. The fraction of sp³-hybridized carbons (Fsp3) is 0.294. The molecule has 0 amide bonds. The van der Waals surface area contributed by atoms with E-state index in [2.05, 4.69) is 4.72 Å². The molecule has 0 bridgehead atoms. The van der Waals surface area contributed by atoms with E-state index in [4.69, 9.17) is 9.47 Å². The van der Waals surface area contributed by atoms with Crippen LogP contribution in [0.15, 0.2) is 47.4 Å². The highest BCUT2D eigenvalue weighted by atomic mass is 32.2. The van der Waals surface area contributed by atoms with Crippen molar-refractivity contribution < 1.29 is 31.1 Å². The second-order valence-corrected chi connectivity index (χ2v) is 7.15. The molecule has 0 radical (unpaired) electrons. The topological polar surface area (TPSA) is 64.6 Å². The number of anilines is 1. The highest BCUT2D eigenvalue weighted by Crippen LogP contribution is 2.36. The number of rotatable bonds is 7. The predicted molar refractivity (Wildman–Crippen MR) is 90.8 cm³/mol. The Bertz CT molecular complexity index is 849. The van der Waals surface area contributed by atoms with E-state index in [0.717, 1.165) is 17.7 Å². The van der Waals surface area contributed by atoms with Crippen LogP contribution in [-0.2, 0) is 20.9 Å². The Labute approximate surface area is 149 Å². The standard InChI is InChI=1S/C17H18F3NO4S/c1-12-3-6-14(7-4-12)26(22,23)21-15-11-13(17(18,19)20)5-8-16(15)25-10-9-24-2/h3-8,11,21H,9-10H2,1-2H3. The minimum absolute atomic E-state index is 0.0225. The lowest BCUT2D eigenvalue weighted by atomic mass is 10.2. The van der Waals surface area contributed by atoms with Gasteiger partial charge in [0.1, 0.15) is 12.4 Å². The number of benzene rings is 2. The first-order valence-electron chi connectivity index (χ1n) is 7.56. The first kappa shape index (κ1) is 20.1. The molecule has 0 atom stereocenters. The molecular formula is C17H18F3NO4S. The zero-order valence-corrected chi connectivity index (χ0v) is 14.9. The largest absolute Gasteiger partial charge is 0.489 e. The Balaban J connectivity index is 2.38. The summed E-state index contributed by atoms with van der Waals surface area (Å²) in [5, 5.41) is 0. The van der Waals surface area contributed by atoms with Crippen LogP contribution in [0.4, 0.5) is 18.9 Å². The number of aryl methyl sites for hydroxylation is 1. The number of hydrogen-bond acceptors (Lipinski definition) is 4. The molecular weight excluding hydrogens is 371 g/mol. The molecule has 0 heterocycles. The number of nitrogens with one attached hydrogen (secondary N) is 1. The fourth-order valence-electron chi connectivity index (χ4n) is 2.07. The van der Waals surface area contributed by atoms with Crippen molar-refractivity contribution >= 4 is 15.7 Å². The molecule has 0 aromatic heterocycles. The van der Waals surface area contributed by atoms with Crippen LogP contribution in [0.1, 0.15) is 11.1 Å². The number of sulfonamides is 1. The van der Waals surface area contributed by atoms with Crippen LogP contribution in [0, 0.1) is 6.92 Å². The minimum atomic E-state index is -4.62. The third-order valence-corrected chi connectivity index (χ3v) is 4.81. The van der Waals surface area contributed by atoms with Gasteiger partial charge in [-0.1, -0.05) is 17.7 Å². The summed E-state index contributed by atoms with van der Waals surface area (Å²) in [4.78, 5) is -0.0663. The van der Waals surface area contributed by atoms with Gasteiger partial charge in [-0.15, -0.1) is 0 Å². The van der Waals surface area contributed by atoms with Gasteiger partial charge in [0.2, 0.25) is 0 Å². The molecule has 2 rings (SSSR count). The van der Waals surface area contributed by atoms with E-state index in [9.17, 15) is 21.6 Å². The quantitative estimate of drug-likeness (QED) is 0.731. The summed E-state index contributed by atoms with van der Waals surface area (Å²) in [6.45, 7) is 2.05. The molecule has 0 aliphatic carbocycles. The van der Waals surface area contributed by atoms with Crippen molar-refractivity contribution in [2.24, 2.45) is 0 Å². The van der Waals surface area contributed by atoms with Crippen LogP contribution in [0.5, 0.6) is 5.75 Å². The van der Waals surface area contributed by atoms with Crippen molar-refractivity contribution in [2.45, 2.75) is 18.0 Å². The average molecular weight is 389 g/mol. The zero-order chi connectivity index (χ0) is 19.4. The molecule has 0 spiro atoms. The summed E-state index contributed by atoms with van der Waals surface area (Å²) in [5.74, 6) is -0.0225. The molecule has 9 heteroatoms. The van der Waals surface area contributed by atoms with Gasteiger partial charge in [0, 0.05) is 7.11 Å². The lowest BCUT2D eigenvalue weighted by Crippen LogP contribution is -2.16. The monoisotopic (exact) mass is 389 g/mol. The maximum Gasteiger partial charge on any atom is 0.416 e. The van der Waals surface area contributed by atoms with Crippen molar-refractivity contribution in [3.05, 3.63) is 53.6 Å². The number of alkyl halides is 3. The predicted octanol–water partition coefficient (Wildman–Crippen LogP) is 3.84. The molecule has 1 N–H and O–H groups in total. The number of hydrogen-bond donors (Lipinski definition) is 1. The summed E-state index contributed by atoms with van der Waals surface area (Å²) in [6, 6.07) is 8.53. The van der Waals surface area contributed by atoms with Gasteiger partial charge in [-0.3, -0.25) is 4.72 Å². The molecule has 2 aromatic carbocycles. The first-order chi connectivity index (χ1) is 12.1. The van der Waals surface area contributed by atoms with Crippen molar-refractivity contribution in [1.29, 1.82) is 0 Å². The summed E-state index contributed by atoms with van der Waals surface area (Å²) >= 11 is 0. The summed E-state index contributed by atoms with van der Waals surface area (Å²) < 4.78 is 76.2. The zero-order valence-electron chi connectivity index (χ0n) is 14.1. The van der Waals surface area contributed by atoms with Crippen molar-refractivity contribution in [3.8, 4) is 5.75 Å². The Kier molecular flexibility index (Phi) is 6.14. The molecule has 5 nitrogen and oxygen atoms in total. The van der Waals surface area contributed by atoms with Crippen LogP contribution in [0.3, 0.4) is 0 Å². The molecule has 0 aliphatic rings. The normalized spacial score (nSPS) is 12.0. The molecule has 26 heavy (non-hydrogen) atoms. The first-order valence-corrected chi connectivity index (χ1v) is 9.04. The highest BCUT2D eigenvalue weighted by Gasteiger charge is 2.32. The lowest BCUT2D eigenvalue weighted by Gasteiger charge is -2.16.